The Morgan fingerprint density at radius 2 is 2.05 bits per heavy atom. The molecule has 1 aromatic rings. The van der Waals surface area contributed by atoms with Crippen LogP contribution in [0.3, 0.4) is 0 Å². The number of amides is 1. The predicted octanol–water partition coefficient (Wildman–Crippen LogP) is 2.15. The van der Waals surface area contributed by atoms with Crippen molar-refractivity contribution in [1.29, 1.82) is 0 Å². The number of hydrogen-bond acceptors (Lipinski definition) is 3. The third-order valence-electron chi connectivity index (χ3n) is 3.28. The number of aromatic nitrogens is 1. The second-order valence-corrected chi connectivity index (χ2v) is 5.75. The molecule has 1 aliphatic rings. The Bertz CT molecular complexity index is 442. The predicted molar refractivity (Wildman–Crippen MR) is 76.4 cm³/mol. The Balaban J connectivity index is 1.95. The van der Waals surface area contributed by atoms with Crippen molar-refractivity contribution in [2.45, 2.75) is 13.8 Å². The largest absolute Gasteiger partial charge is 0.336 e. The summed E-state index contributed by atoms with van der Waals surface area (Å²) in [6.07, 6.45) is 3.14. The average Bonchev–Trinajstić information content (AvgIpc) is 2.39. The fraction of sp³-hybridized carbons (Fsp3) is 0.571. The maximum absolute atomic E-state index is 12.3. The summed E-state index contributed by atoms with van der Waals surface area (Å²) in [5, 5.41) is 0.476. The number of halogens is 1. The topological polar surface area (TPSA) is 36.4 Å². The second-order valence-electron chi connectivity index (χ2n) is 5.34. The van der Waals surface area contributed by atoms with Gasteiger partial charge >= 0.3 is 0 Å². The van der Waals surface area contributed by atoms with Crippen LogP contribution in [0.5, 0.6) is 0 Å². The van der Waals surface area contributed by atoms with Gasteiger partial charge in [0.25, 0.3) is 5.91 Å². The van der Waals surface area contributed by atoms with E-state index in [9.17, 15) is 4.79 Å². The SMILES string of the molecule is CC(C)CN1CCN(C(=O)c2cnccc2Cl)CC1. The van der Waals surface area contributed by atoms with Gasteiger partial charge in [0, 0.05) is 45.1 Å². The van der Waals surface area contributed by atoms with Gasteiger partial charge in [-0.1, -0.05) is 25.4 Å². The molecule has 1 saturated heterocycles. The molecular formula is C14H20ClN3O. The van der Waals surface area contributed by atoms with Crippen LogP contribution in [0.1, 0.15) is 24.2 Å². The first-order valence-corrected chi connectivity index (χ1v) is 7.07. The van der Waals surface area contributed by atoms with Gasteiger partial charge in [0.15, 0.2) is 0 Å². The Morgan fingerprint density at radius 3 is 2.63 bits per heavy atom. The third kappa shape index (κ3) is 3.67. The molecule has 1 amide bonds. The molecule has 2 heterocycles. The van der Waals surface area contributed by atoms with E-state index in [4.69, 9.17) is 11.6 Å². The van der Waals surface area contributed by atoms with Crippen LogP contribution >= 0.6 is 11.6 Å². The van der Waals surface area contributed by atoms with Crippen molar-refractivity contribution < 1.29 is 4.79 Å². The van der Waals surface area contributed by atoms with Gasteiger partial charge in [0.1, 0.15) is 0 Å². The molecule has 5 heteroatoms. The Labute approximate surface area is 119 Å². The number of carbonyl (C=O) groups excluding carboxylic acids is 1. The maximum Gasteiger partial charge on any atom is 0.257 e. The van der Waals surface area contributed by atoms with Gasteiger partial charge in [-0.3, -0.25) is 14.7 Å². The van der Waals surface area contributed by atoms with E-state index < -0.39 is 0 Å². The van der Waals surface area contributed by atoms with Crippen LogP contribution in [0.2, 0.25) is 5.02 Å². The summed E-state index contributed by atoms with van der Waals surface area (Å²) in [6, 6.07) is 1.66. The first-order chi connectivity index (χ1) is 9.08. The van der Waals surface area contributed by atoms with Crippen molar-refractivity contribution in [2.24, 2.45) is 5.92 Å². The Morgan fingerprint density at radius 1 is 1.37 bits per heavy atom. The van der Waals surface area contributed by atoms with E-state index in [0.29, 0.717) is 16.5 Å². The lowest BCUT2D eigenvalue weighted by atomic mass is 10.1. The normalized spacial score (nSPS) is 16.9. The molecule has 1 aromatic heterocycles. The van der Waals surface area contributed by atoms with Crippen molar-refractivity contribution in [3.05, 3.63) is 29.0 Å². The number of rotatable bonds is 3. The van der Waals surface area contributed by atoms with Gasteiger partial charge in [-0.15, -0.1) is 0 Å². The summed E-state index contributed by atoms with van der Waals surface area (Å²) in [4.78, 5) is 20.6. The smallest absolute Gasteiger partial charge is 0.257 e. The zero-order chi connectivity index (χ0) is 13.8. The molecule has 0 unspecified atom stereocenters. The summed E-state index contributed by atoms with van der Waals surface area (Å²) in [5.41, 5.74) is 0.501. The fourth-order valence-corrected chi connectivity index (χ4v) is 2.54. The number of carbonyl (C=O) groups is 1. The lowest BCUT2D eigenvalue weighted by Gasteiger charge is -2.35. The molecule has 1 fully saturated rings. The van der Waals surface area contributed by atoms with E-state index in [0.717, 1.165) is 32.7 Å². The lowest BCUT2D eigenvalue weighted by molar-refractivity contribution is 0.0623. The van der Waals surface area contributed by atoms with Crippen molar-refractivity contribution >= 4 is 17.5 Å². The van der Waals surface area contributed by atoms with Gasteiger partial charge in [-0.05, 0) is 12.0 Å². The minimum Gasteiger partial charge on any atom is -0.336 e. The standard InChI is InChI=1S/C14H20ClN3O/c1-11(2)10-17-5-7-18(8-6-17)14(19)12-9-16-4-3-13(12)15/h3-4,9,11H,5-8,10H2,1-2H3. The Hall–Kier alpha value is -1.13. The van der Waals surface area contributed by atoms with Crippen LogP contribution in [0.25, 0.3) is 0 Å². The second kappa shape index (κ2) is 6.35. The average molecular weight is 282 g/mol. The molecule has 0 N–H and O–H groups in total. The molecule has 0 aliphatic carbocycles. The Kier molecular flexibility index (Phi) is 4.77. The molecule has 4 nitrogen and oxygen atoms in total. The van der Waals surface area contributed by atoms with Gasteiger partial charge in [-0.2, -0.15) is 0 Å². The van der Waals surface area contributed by atoms with E-state index in [2.05, 4.69) is 23.7 Å². The molecule has 19 heavy (non-hydrogen) atoms. The number of pyridine rings is 1. The molecule has 0 saturated carbocycles. The van der Waals surface area contributed by atoms with Crippen LogP contribution < -0.4 is 0 Å². The summed E-state index contributed by atoms with van der Waals surface area (Å²) >= 11 is 6.04. The first-order valence-electron chi connectivity index (χ1n) is 6.69. The van der Waals surface area contributed by atoms with E-state index in [1.165, 1.54) is 0 Å². The summed E-state index contributed by atoms with van der Waals surface area (Å²) in [5.74, 6) is 0.650. The van der Waals surface area contributed by atoms with Crippen LogP contribution in [0.4, 0.5) is 0 Å². The van der Waals surface area contributed by atoms with E-state index in [-0.39, 0.29) is 5.91 Å². The highest BCUT2D eigenvalue weighted by Crippen LogP contribution is 2.17. The molecule has 2 rings (SSSR count). The molecule has 0 atom stereocenters. The minimum atomic E-state index is -0.0118. The van der Waals surface area contributed by atoms with Crippen molar-refractivity contribution in [3.8, 4) is 0 Å². The van der Waals surface area contributed by atoms with Crippen LogP contribution in [0, 0.1) is 5.92 Å². The fourth-order valence-electron chi connectivity index (χ4n) is 2.36. The highest BCUT2D eigenvalue weighted by Gasteiger charge is 2.23. The lowest BCUT2D eigenvalue weighted by Crippen LogP contribution is -2.49. The summed E-state index contributed by atoms with van der Waals surface area (Å²) in [6.45, 7) is 8.91. The first kappa shape index (κ1) is 14.3. The zero-order valence-corrected chi connectivity index (χ0v) is 12.2. The molecule has 0 spiro atoms. The monoisotopic (exact) mass is 281 g/mol. The summed E-state index contributed by atoms with van der Waals surface area (Å²) in [7, 11) is 0. The van der Waals surface area contributed by atoms with Gasteiger partial charge in [-0.25, -0.2) is 0 Å². The van der Waals surface area contributed by atoms with E-state index in [1.807, 2.05) is 4.90 Å². The van der Waals surface area contributed by atoms with Crippen LogP contribution in [0.15, 0.2) is 18.5 Å². The molecule has 0 aromatic carbocycles. The molecular weight excluding hydrogens is 262 g/mol. The van der Waals surface area contributed by atoms with Crippen LogP contribution in [-0.4, -0.2) is 53.4 Å². The highest BCUT2D eigenvalue weighted by molar-refractivity contribution is 6.33. The van der Waals surface area contributed by atoms with E-state index >= 15 is 0 Å². The molecule has 1 aliphatic heterocycles. The van der Waals surface area contributed by atoms with Gasteiger partial charge < -0.3 is 4.90 Å². The van der Waals surface area contributed by atoms with Crippen molar-refractivity contribution in [3.63, 3.8) is 0 Å². The van der Waals surface area contributed by atoms with Crippen LogP contribution in [-0.2, 0) is 0 Å². The van der Waals surface area contributed by atoms with Crippen molar-refractivity contribution in [2.75, 3.05) is 32.7 Å². The molecule has 0 bridgehead atoms. The number of piperazine rings is 1. The summed E-state index contributed by atoms with van der Waals surface area (Å²) < 4.78 is 0. The number of hydrogen-bond donors (Lipinski definition) is 0. The molecule has 0 radical (unpaired) electrons. The van der Waals surface area contributed by atoms with Gasteiger partial charge in [0.2, 0.25) is 0 Å². The molecule has 104 valence electrons. The minimum absolute atomic E-state index is 0.0118. The van der Waals surface area contributed by atoms with E-state index in [1.54, 1.807) is 18.5 Å². The van der Waals surface area contributed by atoms with Gasteiger partial charge in [0.05, 0.1) is 10.6 Å². The van der Waals surface area contributed by atoms with Crippen molar-refractivity contribution in [1.82, 2.24) is 14.8 Å². The maximum atomic E-state index is 12.3. The zero-order valence-electron chi connectivity index (χ0n) is 11.5. The highest BCUT2D eigenvalue weighted by atomic mass is 35.5. The third-order valence-corrected chi connectivity index (χ3v) is 3.61. The quantitative estimate of drug-likeness (QED) is 0.852. The number of nitrogens with zero attached hydrogens (tertiary/aromatic N) is 3.